The lowest BCUT2D eigenvalue weighted by Gasteiger charge is -2.14. The topological polar surface area (TPSA) is 59.9 Å². The molecule has 1 N–H and O–H groups in total. The summed E-state index contributed by atoms with van der Waals surface area (Å²) in [6.45, 7) is 2.85. The Labute approximate surface area is 184 Å². The fourth-order valence-corrected chi connectivity index (χ4v) is 3.37. The van der Waals surface area contributed by atoms with Crippen LogP contribution in [0, 0.1) is 0 Å². The normalized spacial score (nSPS) is 10.7. The number of nitrogens with one attached hydrogen (secondary N) is 1. The summed E-state index contributed by atoms with van der Waals surface area (Å²) in [5.74, 6) is 1.06. The van der Waals surface area contributed by atoms with Gasteiger partial charge in [0.05, 0.1) is 23.7 Å². The second kappa shape index (κ2) is 11.2. The summed E-state index contributed by atoms with van der Waals surface area (Å²) >= 11 is 3.55. The maximum atomic E-state index is 12.0. The molecule has 3 rings (SSSR count). The van der Waals surface area contributed by atoms with Crippen LogP contribution < -0.4 is 14.9 Å². The van der Waals surface area contributed by atoms with Gasteiger partial charge in [-0.3, -0.25) is 4.79 Å². The summed E-state index contributed by atoms with van der Waals surface area (Å²) in [4.78, 5) is 12.0. The van der Waals surface area contributed by atoms with Crippen molar-refractivity contribution in [1.82, 2.24) is 5.43 Å². The van der Waals surface area contributed by atoms with Crippen LogP contribution in [0.4, 0.5) is 0 Å². The van der Waals surface area contributed by atoms with Gasteiger partial charge in [0.15, 0.2) is 11.5 Å². The standard InChI is InChI=1S/C24H23BrN2O3/c1-2-29-22-14-20(16-26-27-23(28)15-18-9-5-3-6-10-18)13-21(25)24(22)30-17-19-11-7-4-8-12-19/h3-14,16H,2,15,17H2,1H3,(H,27,28)/b26-16-. The van der Waals surface area contributed by atoms with Crippen LogP contribution in [0.25, 0.3) is 0 Å². The summed E-state index contributed by atoms with van der Waals surface area (Å²) < 4.78 is 12.5. The van der Waals surface area contributed by atoms with Gasteiger partial charge in [-0.05, 0) is 51.7 Å². The fourth-order valence-electron chi connectivity index (χ4n) is 2.79. The van der Waals surface area contributed by atoms with Crippen LogP contribution in [0.2, 0.25) is 0 Å². The first-order valence-electron chi connectivity index (χ1n) is 9.64. The molecule has 0 fully saturated rings. The third-order valence-electron chi connectivity index (χ3n) is 4.17. The zero-order chi connectivity index (χ0) is 21.2. The van der Waals surface area contributed by atoms with Gasteiger partial charge in [-0.2, -0.15) is 5.10 Å². The first-order chi connectivity index (χ1) is 14.7. The van der Waals surface area contributed by atoms with E-state index in [1.165, 1.54) is 0 Å². The van der Waals surface area contributed by atoms with E-state index in [2.05, 4.69) is 26.5 Å². The number of halogens is 1. The number of ether oxygens (including phenoxy) is 2. The molecule has 30 heavy (non-hydrogen) atoms. The van der Waals surface area contributed by atoms with Gasteiger partial charge >= 0.3 is 0 Å². The number of carbonyl (C=O) groups excluding carboxylic acids is 1. The van der Waals surface area contributed by atoms with Crippen LogP contribution >= 0.6 is 15.9 Å². The van der Waals surface area contributed by atoms with Crippen LogP contribution in [-0.2, 0) is 17.8 Å². The van der Waals surface area contributed by atoms with Crippen molar-refractivity contribution in [3.63, 3.8) is 0 Å². The molecule has 3 aromatic rings. The molecule has 1 amide bonds. The van der Waals surface area contributed by atoms with Gasteiger partial charge in [0, 0.05) is 0 Å². The van der Waals surface area contributed by atoms with Crippen LogP contribution in [0.1, 0.15) is 23.6 Å². The van der Waals surface area contributed by atoms with E-state index >= 15 is 0 Å². The van der Waals surface area contributed by atoms with Crippen molar-refractivity contribution in [2.24, 2.45) is 5.10 Å². The maximum absolute atomic E-state index is 12.0. The predicted molar refractivity (Wildman–Crippen MR) is 122 cm³/mol. The molecule has 0 atom stereocenters. The second-order valence-electron chi connectivity index (χ2n) is 6.49. The minimum atomic E-state index is -0.177. The highest BCUT2D eigenvalue weighted by atomic mass is 79.9. The maximum Gasteiger partial charge on any atom is 0.244 e. The highest BCUT2D eigenvalue weighted by Crippen LogP contribution is 2.37. The van der Waals surface area contributed by atoms with Gasteiger partial charge < -0.3 is 9.47 Å². The Balaban J connectivity index is 1.66. The summed E-state index contributed by atoms with van der Waals surface area (Å²) in [5.41, 5.74) is 5.34. The molecular weight excluding hydrogens is 444 g/mol. The molecule has 0 bridgehead atoms. The van der Waals surface area contributed by atoms with E-state index in [1.54, 1.807) is 6.21 Å². The lowest BCUT2D eigenvalue weighted by Crippen LogP contribution is -2.19. The average Bonchev–Trinajstić information content (AvgIpc) is 2.75. The van der Waals surface area contributed by atoms with E-state index in [1.807, 2.05) is 79.7 Å². The number of hydrogen-bond donors (Lipinski definition) is 1. The van der Waals surface area contributed by atoms with E-state index in [4.69, 9.17) is 9.47 Å². The molecule has 0 spiro atoms. The van der Waals surface area contributed by atoms with Crippen molar-refractivity contribution in [3.05, 3.63) is 94.0 Å². The minimum Gasteiger partial charge on any atom is -0.490 e. The summed E-state index contributed by atoms with van der Waals surface area (Å²) in [5, 5.41) is 4.06. The molecule has 0 unspecified atom stereocenters. The van der Waals surface area contributed by atoms with Gasteiger partial charge in [-0.1, -0.05) is 60.7 Å². The number of carbonyl (C=O) groups is 1. The van der Waals surface area contributed by atoms with E-state index in [0.29, 0.717) is 24.7 Å². The first kappa shape index (κ1) is 21.6. The monoisotopic (exact) mass is 466 g/mol. The number of nitrogens with zero attached hydrogens (tertiary/aromatic N) is 1. The molecule has 0 aromatic heterocycles. The van der Waals surface area contributed by atoms with Gasteiger partial charge in [-0.25, -0.2) is 5.43 Å². The Bertz CT molecular complexity index is 992. The first-order valence-corrected chi connectivity index (χ1v) is 10.4. The number of benzene rings is 3. The van der Waals surface area contributed by atoms with Gasteiger partial charge in [0.1, 0.15) is 6.61 Å². The van der Waals surface area contributed by atoms with Gasteiger partial charge in [-0.15, -0.1) is 0 Å². The number of hydrazone groups is 1. The molecule has 3 aromatic carbocycles. The number of amides is 1. The molecule has 0 heterocycles. The predicted octanol–water partition coefficient (Wildman–Crippen LogP) is 5.12. The smallest absolute Gasteiger partial charge is 0.244 e. The molecular formula is C24H23BrN2O3. The van der Waals surface area contributed by atoms with Crippen molar-refractivity contribution >= 4 is 28.1 Å². The number of rotatable bonds is 9. The van der Waals surface area contributed by atoms with Crippen molar-refractivity contribution < 1.29 is 14.3 Å². The van der Waals surface area contributed by atoms with Gasteiger partial charge in [0.25, 0.3) is 0 Å². The van der Waals surface area contributed by atoms with Crippen molar-refractivity contribution in [2.45, 2.75) is 20.0 Å². The SMILES string of the molecule is CCOc1cc(/C=N\NC(=O)Cc2ccccc2)cc(Br)c1OCc1ccccc1. The molecule has 0 radical (unpaired) electrons. The zero-order valence-electron chi connectivity index (χ0n) is 16.7. The third kappa shape index (κ3) is 6.46. The average molecular weight is 467 g/mol. The molecule has 154 valence electrons. The quantitative estimate of drug-likeness (QED) is 0.351. The highest BCUT2D eigenvalue weighted by Gasteiger charge is 2.12. The summed E-state index contributed by atoms with van der Waals surface area (Å²) in [7, 11) is 0. The second-order valence-corrected chi connectivity index (χ2v) is 7.35. The zero-order valence-corrected chi connectivity index (χ0v) is 18.3. The Morgan fingerprint density at radius 2 is 1.67 bits per heavy atom. The van der Waals surface area contributed by atoms with Crippen molar-refractivity contribution in [3.8, 4) is 11.5 Å². The third-order valence-corrected chi connectivity index (χ3v) is 4.76. The van der Waals surface area contributed by atoms with Crippen LogP contribution in [-0.4, -0.2) is 18.7 Å². The molecule has 5 nitrogen and oxygen atoms in total. The van der Waals surface area contributed by atoms with Crippen LogP contribution in [0.15, 0.2) is 82.4 Å². The molecule has 0 saturated heterocycles. The Kier molecular flexibility index (Phi) is 8.03. The lowest BCUT2D eigenvalue weighted by molar-refractivity contribution is -0.120. The van der Waals surface area contributed by atoms with Crippen molar-refractivity contribution in [2.75, 3.05) is 6.61 Å². The van der Waals surface area contributed by atoms with E-state index in [0.717, 1.165) is 21.2 Å². The van der Waals surface area contributed by atoms with E-state index in [-0.39, 0.29) is 12.3 Å². The highest BCUT2D eigenvalue weighted by molar-refractivity contribution is 9.10. The van der Waals surface area contributed by atoms with Crippen LogP contribution in [0.3, 0.4) is 0 Å². The Morgan fingerprint density at radius 3 is 2.33 bits per heavy atom. The molecule has 6 heteroatoms. The summed E-state index contributed by atoms with van der Waals surface area (Å²) in [6, 6.07) is 23.2. The minimum absolute atomic E-state index is 0.177. The van der Waals surface area contributed by atoms with Gasteiger partial charge in [0.2, 0.25) is 5.91 Å². The molecule has 0 aliphatic rings. The fraction of sp³-hybridized carbons (Fsp3) is 0.167. The Hall–Kier alpha value is -3.12. The van der Waals surface area contributed by atoms with Crippen LogP contribution in [0.5, 0.6) is 11.5 Å². The summed E-state index contributed by atoms with van der Waals surface area (Å²) in [6.07, 6.45) is 1.86. The van der Waals surface area contributed by atoms with E-state index in [9.17, 15) is 4.79 Å². The molecule has 0 aliphatic heterocycles. The largest absolute Gasteiger partial charge is 0.490 e. The molecule has 0 aliphatic carbocycles. The van der Waals surface area contributed by atoms with E-state index < -0.39 is 0 Å². The Morgan fingerprint density at radius 1 is 1.00 bits per heavy atom. The molecule has 0 saturated carbocycles. The van der Waals surface area contributed by atoms with Crippen molar-refractivity contribution in [1.29, 1.82) is 0 Å². The number of hydrogen-bond acceptors (Lipinski definition) is 4. The lowest BCUT2D eigenvalue weighted by atomic mass is 10.1.